The maximum absolute atomic E-state index is 12.2. The maximum Gasteiger partial charge on any atom is 0.416 e. The fourth-order valence-corrected chi connectivity index (χ4v) is 1.58. The highest BCUT2D eigenvalue weighted by molar-refractivity contribution is 8.14. The third-order valence-corrected chi connectivity index (χ3v) is 2.14. The summed E-state index contributed by atoms with van der Waals surface area (Å²) in [4.78, 5) is 0. The lowest BCUT2D eigenvalue weighted by Gasteiger charge is -2.08. The minimum absolute atomic E-state index is 0.236. The highest BCUT2D eigenvalue weighted by Crippen LogP contribution is 2.30. The van der Waals surface area contributed by atoms with Gasteiger partial charge in [-0.05, 0) is 18.2 Å². The molecule has 0 spiro atoms. The molecule has 0 aliphatic heterocycles. The topological polar surface area (TPSA) is 46.2 Å². The number of anilines is 1. The summed E-state index contributed by atoms with van der Waals surface area (Å²) in [5.41, 5.74) is -1.19. The van der Waals surface area contributed by atoms with Crippen molar-refractivity contribution in [1.82, 2.24) is 0 Å². The third kappa shape index (κ3) is 3.96. The van der Waals surface area contributed by atoms with Crippen LogP contribution in [0.5, 0.6) is 0 Å². The maximum atomic E-state index is 12.2. The zero-order valence-electron chi connectivity index (χ0n) is 7.05. The van der Waals surface area contributed by atoms with Crippen LogP contribution in [0.25, 0.3) is 0 Å². The molecule has 0 saturated carbocycles. The quantitative estimate of drug-likeness (QED) is 0.830. The van der Waals surface area contributed by atoms with Gasteiger partial charge in [-0.1, -0.05) is 6.07 Å². The van der Waals surface area contributed by atoms with Crippen LogP contribution in [0.1, 0.15) is 5.56 Å². The van der Waals surface area contributed by atoms with Crippen LogP contribution in [0.2, 0.25) is 0 Å². The summed E-state index contributed by atoms with van der Waals surface area (Å²) >= 11 is 0. The van der Waals surface area contributed by atoms with Gasteiger partial charge in [0.1, 0.15) is 0 Å². The largest absolute Gasteiger partial charge is 0.416 e. The Balaban J connectivity index is 3.04. The summed E-state index contributed by atoms with van der Waals surface area (Å²) in [5, 5.41) is 0. The highest BCUT2D eigenvalue weighted by Gasteiger charge is 2.30. The van der Waals surface area contributed by atoms with E-state index in [0.29, 0.717) is 6.07 Å². The Morgan fingerprint density at radius 1 is 1.27 bits per heavy atom. The summed E-state index contributed by atoms with van der Waals surface area (Å²) in [6.07, 6.45) is -4.52. The average molecular weight is 260 g/mol. The molecule has 1 aromatic carbocycles. The van der Waals surface area contributed by atoms with Crippen molar-refractivity contribution < 1.29 is 21.6 Å². The molecular weight excluding hydrogens is 255 g/mol. The molecule has 1 N–H and O–H groups in total. The molecule has 0 unspecified atom stereocenters. The van der Waals surface area contributed by atoms with Crippen LogP contribution in [0.4, 0.5) is 18.9 Å². The Bertz CT molecular complexity index is 458. The van der Waals surface area contributed by atoms with Crippen molar-refractivity contribution in [3.8, 4) is 0 Å². The van der Waals surface area contributed by atoms with Crippen molar-refractivity contribution in [2.24, 2.45) is 0 Å². The van der Waals surface area contributed by atoms with Gasteiger partial charge in [0.15, 0.2) is 0 Å². The lowest BCUT2D eigenvalue weighted by molar-refractivity contribution is -0.137. The number of hydrogen-bond donors (Lipinski definition) is 1. The van der Waals surface area contributed by atoms with Gasteiger partial charge in [0.05, 0.1) is 11.3 Å². The van der Waals surface area contributed by atoms with E-state index in [1.165, 1.54) is 0 Å². The first-order valence-corrected chi connectivity index (χ1v) is 5.89. The molecule has 8 heteroatoms. The fraction of sp³-hybridized carbons (Fsp3) is 0.143. The molecule has 1 aromatic rings. The summed E-state index contributed by atoms with van der Waals surface area (Å²) in [7, 11) is 0.730. The van der Waals surface area contributed by atoms with Gasteiger partial charge >= 0.3 is 15.4 Å². The van der Waals surface area contributed by atoms with Crippen LogP contribution in [-0.2, 0) is 15.4 Å². The lowest BCUT2D eigenvalue weighted by Crippen LogP contribution is -2.08. The van der Waals surface area contributed by atoms with Crippen LogP contribution in [0.15, 0.2) is 24.3 Å². The van der Waals surface area contributed by atoms with Gasteiger partial charge in [-0.3, -0.25) is 4.72 Å². The van der Waals surface area contributed by atoms with Crippen LogP contribution < -0.4 is 4.72 Å². The van der Waals surface area contributed by atoms with Crippen LogP contribution in [-0.4, -0.2) is 8.42 Å². The second-order valence-corrected chi connectivity index (χ2v) is 4.92. The van der Waals surface area contributed by atoms with Crippen molar-refractivity contribution in [3.05, 3.63) is 29.8 Å². The van der Waals surface area contributed by atoms with Crippen LogP contribution in [0.3, 0.4) is 0 Å². The van der Waals surface area contributed by atoms with Gasteiger partial charge in [0.2, 0.25) is 0 Å². The number of halogens is 4. The second-order valence-electron chi connectivity index (χ2n) is 2.62. The van der Waals surface area contributed by atoms with E-state index in [1.54, 1.807) is 4.72 Å². The summed E-state index contributed by atoms with van der Waals surface area (Å²) in [6, 6.07) is 3.72. The Kier molecular flexibility index (Phi) is 3.15. The number of alkyl halides is 3. The smallest absolute Gasteiger partial charge is 0.271 e. The summed E-state index contributed by atoms with van der Waals surface area (Å²) in [5.74, 6) is 0. The molecular formula is C7H5ClF3NO2S. The van der Waals surface area contributed by atoms with Crippen molar-refractivity contribution in [2.45, 2.75) is 6.18 Å². The first-order chi connectivity index (χ1) is 6.68. The SMILES string of the molecule is O=S(=O)(Cl)Nc1cccc(C(F)(F)F)c1. The normalized spacial score (nSPS) is 12.5. The molecule has 0 fully saturated rings. The predicted octanol–water partition coefficient (Wildman–Crippen LogP) is 2.60. The minimum atomic E-state index is -4.52. The minimum Gasteiger partial charge on any atom is -0.271 e. The van der Waals surface area contributed by atoms with Gasteiger partial charge in [-0.25, -0.2) is 0 Å². The van der Waals surface area contributed by atoms with E-state index >= 15 is 0 Å². The van der Waals surface area contributed by atoms with Gasteiger partial charge in [0, 0.05) is 10.7 Å². The van der Waals surface area contributed by atoms with E-state index in [2.05, 4.69) is 0 Å². The van der Waals surface area contributed by atoms with Crippen LogP contribution in [0, 0.1) is 0 Å². The van der Waals surface area contributed by atoms with E-state index in [4.69, 9.17) is 10.7 Å². The molecule has 0 bridgehead atoms. The Morgan fingerprint density at radius 3 is 2.33 bits per heavy atom. The zero-order valence-corrected chi connectivity index (χ0v) is 8.62. The monoisotopic (exact) mass is 259 g/mol. The number of nitrogens with one attached hydrogen (secondary N) is 1. The first kappa shape index (κ1) is 12.1. The first-order valence-electron chi connectivity index (χ1n) is 3.58. The molecule has 0 heterocycles. The lowest BCUT2D eigenvalue weighted by atomic mass is 10.2. The van der Waals surface area contributed by atoms with Gasteiger partial charge in [0.25, 0.3) is 0 Å². The van der Waals surface area contributed by atoms with Crippen molar-refractivity contribution >= 4 is 25.6 Å². The molecule has 84 valence electrons. The predicted molar refractivity (Wildman–Crippen MR) is 49.8 cm³/mol. The molecule has 0 atom stereocenters. The molecule has 0 radical (unpaired) electrons. The Hall–Kier alpha value is -0.950. The van der Waals surface area contributed by atoms with E-state index in [1.807, 2.05) is 0 Å². The molecule has 0 aromatic heterocycles. The molecule has 0 aliphatic rings. The van der Waals surface area contributed by atoms with E-state index in [0.717, 1.165) is 18.2 Å². The Labute approximate surface area is 88.4 Å². The third-order valence-electron chi connectivity index (χ3n) is 1.43. The average Bonchev–Trinajstić information content (AvgIpc) is 1.99. The molecule has 15 heavy (non-hydrogen) atoms. The van der Waals surface area contributed by atoms with Gasteiger partial charge in [-0.15, -0.1) is 0 Å². The zero-order chi connectivity index (χ0) is 11.7. The summed E-state index contributed by atoms with van der Waals surface area (Å²) in [6.45, 7) is 0. The molecule has 0 aliphatic carbocycles. The van der Waals surface area contributed by atoms with Crippen molar-refractivity contribution in [1.29, 1.82) is 0 Å². The number of rotatable bonds is 2. The van der Waals surface area contributed by atoms with Gasteiger partial charge in [-0.2, -0.15) is 21.6 Å². The number of hydrogen-bond acceptors (Lipinski definition) is 2. The highest BCUT2D eigenvalue weighted by atomic mass is 35.7. The van der Waals surface area contributed by atoms with Gasteiger partial charge < -0.3 is 0 Å². The standard InChI is InChI=1S/C7H5ClF3NO2S/c8-15(13,14)12-6-3-1-2-5(4-6)7(9,10)11/h1-4,12H. The molecule has 0 saturated heterocycles. The van der Waals surface area contributed by atoms with E-state index in [-0.39, 0.29) is 5.69 Å². The Morgan fingerprint density at radius 2 is 1.87 bits per heavy atom. The summed E-state index contributed by atoms with van der Waals surface area (Å²) < 4.78 is 59.4. The number of benzene rings is 1. The van der Waals surface area contributed by atoms with E-state index in [9.17, 15) is 21.6 Å². The molecule has 3 nitrogen and oxygen atoms in total. The van der Waals surface area contributed by atoms with E-state index < -0.39 is 21.0 Å². The van der Waals surface area contributed by atoms with Crippen molar-refractivity contribution in [2.75, 3.05) is 4.72 Å². The second kappa shape index (κ2) is 3.90. The van der Waals surface area contributed by atoms with Crippen molar-refractivity contribution in [3.63, 3.8) is 0 Å². The fourth-order valence-electron chi connectivity index (χ4n) is 0.900. The molecule has 1 rings (SSSR count). The van der Waals surface area contributed by atoms with Crippen LogP contribution >= 0.6 is 10.7 Å². The molecule has 0 amide bonds.